The summed E-state index contributed by atoms with van der Waals surface area (Å²) in [4.78, 5) is 1.14. The molecular formula is C18H18ClN3OS2. The van der Waals surface area contributed by atoms with Gasteiger partial charge in [0.1, 0.15) is 0 Å². The van der Waals surface area contributed by atoms with Crippen LogP contribution in [0, 0.1) is 0 Å². The maximum absolute atomic E-state index is 6.09. The SMILES string of the molecule is Clc1cccc(CSc2nnc(-c3cccs3)n2C[C@H]2CCCO2)c1. The second-order valence-corrected chi connectivity index (χ2v) is 8.27. The highest BCUT2D eigenvalue weighted by molar-refractivity contribution is 7.98. The van der Waals surface area contributed by atoms with Gasteiger partial charge in [-0.1, -0.05) is 41.6 Å². The summed E-state index contributed by atoms with van der Waals surface area (Å²) >= 11 is 9.46. The van der Waals surface area contributed by atoms with Crippen LogP contribution in [0.4, 0.5) is 0 Å². The molecular weight excluding hydrogens is 374 g/mol. The first-order valence-electron chi connectivity index (χ1n) is 8.25. The van der Waals surface area contributed by atoms with Gasteiger partial charge in [-0.05, 0) is 42.0 Å². The minimum absolute atomic E-state index is 0.250. The van der Waals surface area contributed by atoms with Crippen LogP contribution in [0.15, 0.2) is 46.9 Å². The molecule has 1 aliphatic heterocycles. The number of thioether (sulfide) groups is 1. The molecule has 1 atom stereocenters. The van der Waals surface area contributed by atoms with E-state index >= 15 is 0 Å². The molecule has 3 aromatic rings. The Balaban J connectivity index is 1.57. The lowest BCUT2D eigenvalue weighted by atomic mass is 10.2. The first-order valence-corrected chi connectivity index (χ1v) is 10.5. The fourth-order valence-electron chi connectivity index (χ4n) is 2.91. The Bertz CT molecular complexity index is 829. The number of halogens is 1. The topological polar surface area (TPSA) is 39.9 Å². The molecule has 0 radical (unpaired) electrons. The van der Waals surface area contributed by atoms with E-state index in [1.54, 1.807) is 23.1 Å². The zero-order valence-corrected chi connectivity index (χ0v) is 16.0. The van der Waals surface area contributed by atoms with Crippen LogP contribution in [0.5, 0.6) is 0 Å². The van der Waals surface area contributed by atoms with Gasteiger partial charge in [0.25, 0.3) is 0 Å². The van der Waals surface area contributed by atoms with Gasteiger partial charge < -0.3 is 4.74 Å². The molecule has 7 heteroatoms. The predicted octanol–water partition coefficient (Wildman–Crippen LogP) is 5.13. The van der Waals surface area contributed by atoms with Crippen molar-refractivity contribution >= 4 is 34.7 Å². The summed E-state index contributed by atoms with van der Waals surface area (Å²) in [5.41, 5.74) is 1.18. The summed E-state index contributed by atoms with van der Waals surface area (Å²) < 4.78 is 8.04. The third-order valence-electron chi connectivity index (χ3n) is 4.13. The van der Waals surface area contributed by atoms with Crippen molar-refractivity contribution in [3.05, 3.63) is 52.4 Å². The number of hydrogen-bond donors (Lipinski definition) is 0. The van der Waals surface area contributed by atoms with Crippen LogP contribution in [0.2, 0.25) is 5.02 Å². The molecule has 0 unspecified atom stereocenters. The third-order valence-corrected chi connectivity index (χ3v) is 6.26. The number of nitrogens with zero attached hydrogens (tertiary/aromatic N) is 3. The first kappa shape index (κ1) is 17.1. The summed E-state index contributed by atoms with van der Waals surface area (Å²) in [6.45, 7) is 1.66. The Morgan fingerprint density at radius 3 is 3.00 bits per heavy atom. The zero-order valence-electron chi connectivity index (χ0n) is 13.6. The largest absolute Gasteiger partial charge is 0.376 e. The molecule has 2 aromatic heterocycles. The molecule has 3 heterocycles. The molecule has 1 fully saturated rings. The molecule has 4 rings (SSSR count). The summed E-state index contributed by atoms with van der Waals surface area (Å²) in [5.74, 6) is 1.74. The van der Waals surface area contributed by atoms with E-state index in [2.05, 4.69) is 32.3 Å². The van der Waals surface area contributed by atoms with Crippen LogP contribution < -0.4 is 0 Å². The number of hydrogen-bond acceptors (Lipinski definition) is 5. The number of rotatable bonds is 6. The van der Waals surface area contributed by atoms with E-state index in [0.29, 0.717) is 0 Å². The van der Waals surface area contributed by atoms with Gasteiger partial charge in [-0.2, -0.15) is 0 Å². The van der Waals surface area contributed by atoms with Gasteiger partial charge in [-0.25, -0.2) is 0 Å². The summed E-state index contributed by atoms with van der Waals surface area (Å²) in [6, 6.07) is 12.1. The van der Waals surface area contributed by atoms with Gasteiger partial charge in [-0.15, -0.1) is 21.5 Å². The van der Waals surface area contributed by atoms with Crippen molar-refractivity contribution < 1.29 is 4.74 Å². The van der Waals surface area contributed by atoms with Gasteiger partial charge in [0.15, 0.2) is 11.0 Å². The molecule has 0 saturated carbocycles. The molecule has 0 aliphatic carbocycles. The lowest BCUT2D eigenvalue weighted by Gasteiger charge is -2.14. The van der Waals surface area contributed by atoms with Crippen LogP contribution in [0.25, 0.3) is 10.7 Å². The molecule has 1 aromatic carbocycles. The minimum Gasteiger partial charge on any atom is -0.376 e. The van der Waals surface area contributed by atoms with E-state index in [-0.39, 0.29) is 6.10 Å². The molecule has 4 nitrogen and oxygen atoms in total. The molecule has 0 bridgehead atoms. The Morgan fingerprint density at radius 1 is 1.28 bits per heavy atom. The minimum atomic E-state index is 0.250. The second kappa shape index (κ2) is 7.91. The van der Waals surface area contributed by atoms with E-state index in [1.165, 1.54) is 5.56 Å². The standard InChI is InChI=1S/C18H18ClN3OS2/c19-14-5-1-4-13(10-14)12-25-18-21-20-17(16-7-3-9-24-16)22(18)11-15-6-2-8-23-15/h1,3-5,7,9-10,15H,2,6,8,11-12H2/t15-/m1/s1. The van der Waals surface area contributed by atoms with E-state index in [1.807, 2.05) is 24.3 Å². The third kappa shape index (κ3) is 4.08. The quantitative estimate of drug-likeness (QED) is 0.546. The van der Waals surface area contributed by atoms with Gasteiger partial charge in [-0.3, -0.25) is 4.57 Å². The second-order valence-electron chi connectivity index (χ2n) is 5.95. The summed E-state index contributed by atoms with van der Waals surface area (Å²) in [7, 11) is 0. The molecule has 0 amide bonds. The summed E-state index contributed by atoms with van der Waals surface area (Å²) in [6.07, 6.45) is 2.48. The van der Waals surface area contributed by atoms with E-state index < -0.39 is 0 Å². The Hall–Kier alpha value is -1.34. The Labute approximate surface area is 160 Å². The molecule has 1 aliphatic rings. The molecule has 130 valence electrons. The van der Waals surface area contributed by atoms with Crippen molar-refractivity contribution in [2.45, 2.75) is 36.4 Å². The molecule has 25 heavy (non-hydrogen) atoms. The van der Waals surface area contributed by atoms with Gasteiger partial charge in [0.2, 0.25) is 0 Å². The van der Waals surface area contributed by atoms with Gasteiger partial charge in [0.05, 0.1) is 17.5 Å². The average Bonchev–Trinajstić information content (AvgIpc) is 3.36. The van der Waals surface area contributed by atoms with Crippen molar-refractivity contribution in [2.75, 3.05) is 6.61 Å². The van der Waals surface area contributed by atoms with Crippen molar-refractivity contribution in [3.8, 4) is 10.7 Å². The highest BCUT2D eigenvalue weighted by Gasteiger charge is 2.22. The smallest absolute Gasteiger partial charge is 0.191 e. The van der Waals surface area contributed by atoms with Crippen molar-refractivity contribution in [3.63, 3.8) is 0 Å². The molecule has 0 spiro atoms. The fourth-order valence-corrected chi connectivity index (χ4v) is 4.74. The maximum Gasteiger partial charge on any atom is 0.191 e. The van der Waals surface area contributed by atoms with E-state index in [4.69, 9.17) is 16.3 Å². The number of aromatic nitrogens is 3. The van der Waals surface area contributed by atoms with Crippen LogP contribution in [0.3, 0.4) is 0 Å². The van der Waals surface area contributed by atoms with Crippen LogP contribution in [-0.2, 0) is 17.0 Å². The summed E-state index contributed by atoms with van der Waals surface area (Å²) in [5, 5.41) is 12.7. The highest BCUT2D eigenvalue weighted by atomic mass is 35.5. The lowest BCUT2D eigenvalue weighted by molar-refractivity contribution is 0.0953. The Morgan fingerprint density at radius 2 is 2.24 bits per heavy atom. The highest BCUT2D eigenvalue weighted by Crippen LogP contribution is 2.30. The van der Waals surface area contributed by atoms with E-state index in [0.717, 1.165) is 52.6 Å². The fraction of sp³-hybridized carbons (Fsp3) is 0.333. The van der Waals surface area contributed by atoms with Crippen LogP contribution in [-0.4, -0.2) is 27.5 Å². The molecule has 0 N–H and O–H groups in total. The van der Waals surface area contributed by atoms with Crippen LogP contribution in [0.1, 0.15) is 18.4 Å². The molecule has 1 saturated heterocycles. The normalized spacial score (nSPS) is 17.2. The van der Waals surface area contributed by atoms with Crippen molar-refractivity contribution in [1.29, 1.82) is 0 Å². The van der Waals surface area contributed by atoms with E-state index in [9.17, 15) is 0 Å². The number of benzene rings is 1. The zero-order chi connectivity index (χ0) is 17.1. The predicted molar refractivity (Wildman–Crippen MR) is 103 cm³/mol. The van der Waals surface area contributed by atoms with Gasteiger partial charge >= 0.3 is 0 Å². The van der Waals surface area contributed by atoms with Crippen molar-refractivity contribution in [2.24, 2.45) is 0 Å². The van der Waals surface area contributed by atoms with Crippen molar-refractivity contribution in [1.82, 2.24) is 14.8 Å². The monoisotopic (exact) mass is 391 g/mol. The Kier molecular flexibility index (Phi) is 5.41. The lowest BCUT2D eigenvalue weighted by Crippen LogP contribution is -2.16. The number of thiophene rings is 1. The first-order chi connectivity index (χ1) is 12.3. The maximum atomic E-state index is 6.09. The van der Waals surface area contributed by atoms with Crippen LogP contribution >= 0.6 is 34.7 Å². The number of ether oxygens (including phenoxy) is 1. The average molecular weight is 392 g/mol. The van der Waals surface area contributed by atoms with Gasteiger partial charge in [0, 0.05) is 17.4 Å².